The number of nitrogens with zero attached hydrogens (tertiary/aromatic N) is 2. The topological polar surface area (TPSA) is 58.7 Å². The number of hydrazone groups is 1. The first-order valence-corrected chi connectivity index (χ1v) is 8.16. The van der Waals surface area contributed by atoms with E-state index in [1.54, 1.807) is 11.8 Å². The molecule has 2 rings (SSSR count). The summed E-state index contributed by atoms with van der Waals surface area (Å²) in [6.07, 6.45) is 10.3. The Morgan fingerprint density at radius 1 is 1.52 bits per heavy atom. The predicted molar refractivity (Wildman–Crippen MR) is 92.9 cm³/mol. The molecule has 112 valence electrons. The van der Waals surface area contributed by atoms with Crippen LogP contribution in [0.1, 0.15) is 33.1 Å². The van der Waals surface area contributed by atoms with Crippen LogP contribution in [0.3, 0.4) is 0 Å². The molecule has 5 heteroatoms. The summed E-state index contributed by atoms with van der Waals surface area (Å²) < 4.78 is 4.34. The number of nitrogens with one attached hydrogen (secondary N) is 1. The Balaban J connectivity index is 1.87. The Labute approximate surface area is 130 Å². The van der Waals surface area contributed by atoms with Crippen LogP contribution in [-0.4, -0.2) is 28.6 Å². The van der Waals surface area contributed by atoms with Gasteiger partial charge in [0.2, 0.25) is 0 Å². The highest BCUT2D eigenvalue weighted by Crippen LogP contribution is 2.16. The van der Waals surface area contributed by atoms with Gasteiger partial charge in [-0.1, -0.05) is 18.5 Å². The summed E-state index contributed by atoms with van der Waals surface area (Å²) in [6, 6.07) is 0. The third-order valence-corrected chi connectivity index (χ3v) is 3.95. The maximum absolute atomic E-state index is 9.89. The number of aliphatic hydroxyl groups is 1. The highest BCUT2D eigenvalue weighted by atomic mass is 32.2. The zero-order valence-electron chi connectivity index (χ0n) is 12.5. The highest BCUT2D eigenvalue weighted by molar-refractivity contribution is 8.16. The van der Waals surface area contributed by atoms with Crippen LogP contribution in [0.15, 0.2) is 40.1 Å². The van der Waals surface area contributed by atoms with Gasteiger partial charge in [0.05, 0.1) is 18.7 Å². The van der Waals surface area contributed by atoms with Crippen molar-refractivity contribution in [3.8, 4) is 0 Å². The molecule has 0 atom stereocenters. The summed E-state index contributed by atoms with van der Waals surface area (Å²) in [6.45, 7) is 4.78. The van der Waals surface area contributed by atoms with Gasteiger partial charge in [-0.2, -0.15) is 5.10 Å². The molecule has 2 aliphatic heterocycles. The molecule has 21 heavy (non-hydrogen) atoms. The Morgan fingerprint density at radius 2 is 2.38 bits per heavy atom. The van der Waals surface area contributed by atoms with E-state index in [0.717, 1.165) is 35.6 Å². The molecular weight excluding hydrogens is 282 g/mol. The lowest BCUT2D eigenvalue weighted by Gasteiger charge is -2.02. The number of hydrogen-bond acceptors (Lipinski definition) is 4. The number of thioether (sulfide) groups is 1. The van der Waals surface area contributed by atoms with Crippen LogP contribution in [0.25, 0.3) is 0 Å². The molecule has 0 aromatic heterocycles. The summed E-state index contributed by atoms with van der Waals surface area (Å²) in [5, 5.41) is 17.4. The van der Waals surface area contributed by atoms with Crippen molar-refractivity contribution in [2.75, 3.05) is 6.54 Å². The highest BCUT2D eigenvalue weighted by Gasteiger charge is 2.16. The van der Waals surface area contributed by atoms with Crippen molar-refractivity contribution < 1.29 is 5.11 Å². The van der Waals surface area contributed by atoms with Gasteiger partial charge < -0.3 is 10.5 Å². The quantitative estimate of drug-likeness (QED) is 0.586. The van der Waals surface area contributed by atoms with Gasteiger partial charge in [0.15, 0.2) is 0 Å². The Kier molecular flexibility index (Phi) is 5.90. The number of rotatable bonds is 6. The smallest absolute Gasteiger partial charge is 0.341 e. The van der Waals surface area contributed by atoms with Crippen molar-refractivity contribution >= 4 is 28.7 Å². The molecule has 0 fully saturated rings. The third kappa shape index (κ3) is 5.29. The molecule has 0 saturated heterocycles. The fourth-order valence-electron chi connectivity index (χ4n) is 2.15. The van der Waals surface area contributed by atoms with E-state index in [2.05, 4.69) is 20.6 Å². The van der Waals surface area contributed by atoms with Crippen molar-refractivity contribution in [2.24, 2.45) is 11.0 Å². The fourth-order valence-corrected chi connectivity index (χ4v) is 2.84. The van der Waals surface area contributed by atoms with E-state index >= 15 is 0 Å². The average Bonchev–Trinajstić information content (AvgIpc) is 2.86. The lowest BCUT2D eigenvalue weighted by Crippen LogP contribution is -2.05. The second-order valence-corrected chi connectivity index (χ2v) is 6.35. The Morgan fingerprint density at radius 3 is 3.10 bits per heavy atom. The summed E-state index contributed by atoms with van der Waals surface area (Å²) in [5.41, 5.74) is 5.12. The Hall–Kier alpha value is -1.71. The number of allylic oxidation sites excluding steroid dienone is 3. The van der Waals surface area contributed by atoms with Crippen molar-refractivity contribution in [3.63, 3.8) is 0 Å². The van der Waals surface area contributed by atoms with Gasteiger partial charge >= 0.3 is 5.04 Å². The first-order chi connectivity index (χ1) is 10.1. The van der Waals surface area contributed by atoms with E-state index in [4.69, 9.17) is 0 Å². The van der Waals surface area contributed by atoms with Gasteiger partial charge in [0.25, 0.3) is 6.21 Å². The van der Waals surface area contributed by atoms with Crippen LogP contribution < -0.4 is 10.1 Å². The van der Waals surface area contributed by atoms with Crippen molar-refractivity contribution in [2.45, 2.75) is 33.1 Å². The molecule has 0 unspecified atom stereocenters. The molecule has 0 bridgehead atoms. The van der Waals surface area contributed by atoms with Gasteiger partial charge in [0.1, 0.15) is 5.76 Å². The van der Waals surface area contributed by atoms with E-state index in [1.807, 2.05) is 38.3 Å². The number of aliphatic hydroxyl groups excluding tert-OH is 1. The van der Waals surface area contributed by atoms with Gasteiger partial charge in [-0.3, -0.25) is 0 Å². The van der Waals surface area contributed by atoms with E-state index in [1.165, 1.54) is 0 Å². The third-order valence-electron chi connectivity index (χ3n) is 3.07. The molecule has 0 aromatic carbocycles. The molecular formula is C16H22N3OS+. The maximum Gasteiger partial charge on any atom is 0.341 e. The van der Waals surface area contributed by atoms with Crippen LogP contribution in [0.2, 0.25) is 0 Å². The van der Waals surface area contributed by atoms with Gasteiger partial charge in [-0.15, -0.1) is 0 Å². The van der Waals surface area contributed by atoms with Gasteiger partial charge in [0, 0.05) is 6.08 Å². The van der Waals surface area contributed by atoms with Crippen molar-refractivity contribution in [1.29, 1.82) is 0 Å². The molecule has 0 radical (unpaired) electrons. The van der Waals surface area contributed by atoms with E-state index in [0.29, 0.717) is 18.2 Å². The second kappa shape index (κ2) is 7.91. The lowest BCUT2D eigenvalue weighted by molar-refractivity contribution is 0.425. The summed E-state index contributed by atoms with van der Waals surface area (Å²) in [5.74, 6) is 0.658. The van der Waals surface area contributed by atoms with Crippen molar-refractivity contribution in [1.82, 2.24) is 10.1 Å². The second-order valence-electron chi connectivity index (χ2n) is 5.37. The standard InChI is InChI=1S/C16H21N3OS/c1-12(2)9-14(20)10-13-11-18-19-15(13)5-3-6-16-17-7-4-8-21-16/h4,7-10,12,18H,3,5-6,11H2,1-2H3/p+1/b13-10+,14-9+. The molecule has 0 aromatic rings. The summed E-state index contributed by atoms with van der Waals surface area (Å²) in [7, 11) is 0. The lowest BCUT2D eigenvalue weighted by atomic mass is 10.0. The molecule has 2 aliphatic rings. The average molecular weight is 304 g/mol. The van der Waals surface area contributed by atoms with E-state index < -0.39 is 0 Å². The zero-order chi connectivity index (χ0) is 15.1. The molecule has 4 nitrogen and oxygen atoms in total. The van der Waals surface area contributed by atoms with E-state index in [9.17, 15) is 5.11 Å². The number of hydrogen-bond donors (Lipinski definition) is 2. The van der Waals surface area contributed by atoms with Crippen LogP contribution >= 0.6 is 11.8 Å². The van der Waals surface area contributed by atoms with Gasteiger partial charge in [-0.25, -0.2) is 0 Å². The summed E-state index contributed by atoms with van der Waals surface area (Å²) in [4.78, 5) is 0. The largest absolute Gasteiger partial charge is 0.508 e. The normalized spacial score (nSPS) is 20.0. The minimum absolute atomic E-state index is 0.323. The fraction of sp³-hybridized carbons (Fsp3) is 0.438. The molecule has 0 amide bonds. The monoisotopic (exact) mass is 304 g/mol. The Bertz CT molecular complexity index is 564. The molecule has 2 heterocycles. The predicted octanol–water partition coefficient (Wildman–Crippen LogP) is 2.94. The first kappa shape index (κ1) is 15.7. The molecule has 0 spiro atoms. The summed E-state index contributed by atoms with van der Waals surface area (Å²) >= 11 is 1.68. The molecule has 0 aliphatic carbocycles. The maximum atomic E-state index is 9.89. The van der Waals surface area contributed by atoms with Gasteiger partial charge in [-0.05, 0) is 53.7 Å². The van der Waals surface area contributed by atoms with Crippen LogP contribution in [0.5, 0.6) is 0 Å². The van der Waals surface area contributed by atoms with Crippen LogP contribution in [-0.2, 0) is 0 Å². The molecule has 2 N–H and O–H groups in total. The zero-order valence-corrected chi connectivity index (χ0v) is 13.4. The minimum Gasteiger partial charge on any atom is -0.508 e. The minimum atomic E-state index is 0.323. The SMILES string of the molecule is CC(C)/C=C(O)\C=C1/CNN=C1CCCC1=[N+]=CC=CS1. The van der Waals surface area contributed by atoms with Crippen LogP contribution in [0, 0.1) is 5.92 Å². The van der Waals surface area contributed by atoms with Crippen molar-refractivity contribution in [3.05, 3.63) is 35.0 Å². The first-order valence-electron chi connectivity index (χ1n) is 7.28. The van der Waals surface area contributed by atoms with Crippen LogP contribution in [0.4, 0.5) is 0 Å². The van der Waals surface area contributed by atoms with E-state index in [-0.39, 0.29) is 0 Å². The molecule has 0 saturated carbocycles.